The second kappa shape index (κ2) is 6.58. The Balaban J connectivity index is 1.56. The number of benzene rings is 2. The lowest BCUT2D eigenvalue weighted by molar-refractivity contribution is 0.102. The number of nitrogens with one attached hydrogen (secondary N) is 1. The molecular formula is C18H17N5O3S. The largest absolute Gasteiger partial charge is 0.322 e. The molecule has 1 aliphatic carbocycles. The van der Waals surface area contributed by atoms with E-state index < -0.39 is 15.7 Å². The molecule has 27 heavy (non-hydrogen) atoms. The summed E-state index contributed by atoms with van der Waals surface area (Å²) in [5.74, 6) is 0.212. The molecule has 0 aliphatic heterocycles. The number of hydrogen-bond donors (Lipinski definition) is 1. The number of sulfone groups is 1. The first-order chi connectivity index (χ1) is 12.9. The summed E-state index contributed by atoms with van der Waals surface area (Å²) in [4.78, 5) is 12.5. The fourth-order valence-electron chi connectivity index (χ4n) is 2.83. The van der Waals surface area contributed by atoms with Gasteiger partial charge in [-0.2, -0.15) is 0 Å². The van der Waals surface area contributed by atoms with E-state index in [0.29, 0.717) is 17.6 Å². The highest BCUT2D eigenvalue weighted by molar-refractivity contribution is 7.90. The summed E-state index contributed by atoms with van der Waals surface area (Å²) in [6, 6.07) is 13.6. The van der Waals surface area contributed by atoms with Crippen LogP contribution in [-0.4, -0.2) is 40.8 Å². The Kier molecular flexibility index (Phi) is 4.23. The highest BCUT2D eigenvalue weighted by Gasteiger charge is 2.28. The van der Waals surface area contributed by atoms with E-state index in [2.05, 4.69) is 20.8 Å². The van der Waals surface area contributed by atoms with Crippen LogP contribution < -0.4 is 5.32 Å². The first kappa shape index (κ1) is 17.3. The Hall–Kier alpha value is -3.07. The minimum Gasteiger partial charge on any atom is -0.322 e. The van der Waals surface area contributed by atoms with E-state index in [9.17, 15) is 13.2 Å². The number of nitrogens with zero attached hydrogens (tertiary/aromatic N) is 4. The van der Waals surface area contributed by atoms with E-state index in [-0.39, 0.29) is 10.5 Å². The van der Waals surface area contributed by atoms with E-state index in [0.717, 1.165) is 24.7 Å². The van der Waals surface area contributed by atoms with Crippen LogP contribution in [0.4, 0.5) is 5.69 Å². The third kappa shape index (κ3) is 3.59. The molecule has 0 radical (unpaired) electrons. The van der Waals surface area contributed by atoms with Crippen molar-refractivity contribution in [3.8, 4) is 11.4 Å². The van der Waals surface area contributed by atoms with Crippen LogP contribution in [0.15, 0.2) is 53.4 Å². The standard InChI is InChI=1S/C18H17N5O3S/c1-27(25,26)16-5-3-2-4-15(16)18(24)19-13-8-6-12(7-9-13)17-20-21-22-23(17)14-10-11-14/h2-9,14H,10-11H2,1H3,(H,19,24). The number of hydrogen-bond acceptors (Lipinski definition) is 6. The average Bonchev–Trinajstić information content (AvgIpc) is 3.38. The van der Waals surface area contributed by atoms with Gasteiger partial charge in [-0.3, -0.25) is 4.79 Å². The van der Waals surface area contributed by atoms with E-state index in [1.54, 1.807) is 24.3 Å². The Morgan fingerprint density at radius 2 is 1.81 bits per heavy atom. The van der Waals surface area contributed by atoms with Gasteiger partial charge in [0.1, 0.15) is 0 Å². The summed E-state index contributed by atoms with van der Waals surface area (Å²) in [7, 11) is -3.50. The topological polar surface area (TPSA) is 107 Å². The van der Waals surface area contributed by atoms with Gasteiger partial charge in [0.2, 0.25) is 0 Å². The molecule has 0 atom stereocenters. The summed E-state index contributed by atoms with van der Waals surface area (Å²) in [5.41, 5.74) is 1.51. The van der Waals surface area contributed by atoms with Crippen LogP contribution in [0.2, 0.25) is 0 Å². The number of anilines is 1. The van der Waals surface area contributed by atoms with Gasteiger partial charge in [-0.05, 0) is 59.7 Å². The van der Waals surface area contributed by atoms with Crippen molar-refractivity contribution < 1.29 is 13.2 Å². The maximum Gasteiger partial charge on any atom is 0.256 e. The molecule has 2 aromatic carbocycles. The Labute approximate surface area is 156 Å². The van der Waals surface area contributed by atoms with Crippen LogP contribution in [0.3, 0.4) is 0 Å². The van der Waals surface area contributed by atoms with Crippen LogP contribution in [0.1, 0.15) is 29.2 Å². The number of amides is 1. The lowest BCUT2D eigenvalue weighted by Gasteiger charge is -2.09. The Morgan fingerprint density at radius 1 is 1.11 bits per heavy atom. The Morgan fingerprint density at radius 3 is 2.48 bits per heavy atom. The Bertz CT molecular complexity index is 1100. The van der Waals surface area contributed by atoms with Crippen molar-refractivity contribution in [1.29, 1.82) is 0 Å². The lowest BCUT2D eigenvalue weighted by Crippen LogP contribution is -2.16. The maximum atomic E-state index is 12.5. The van der Waals surface area contributed by atoms with Gasteiger partial charge in [0.05, 0.1) is 16.5 Å². The zero-order chi connectivity index (χ0) is 19.0. The number of tetrazole rings is 1. The van der Waals surface area contributed by atoms with Gasteiger partial charge in [0, 0.05) is 17.5 Å². The number of carbonyl (C=O) groups is 1. The van der Waals surface area contributed by atoms with Crippen molar-refractivity contribution in [3.63, 3.8) is 0 Å². The minimum absolute atomic E-state index is 0.00253. The molecule has 8 nitrogen and oxygen atoms in total. The highest BCUT2D eigenvalue weighted by Crippen LogP contribution is 2.36. The van der Waals surface area contributed by atoms with Crippen molar-refractivity contribution in [2.45, 2.75) is 23.8 Å². The second-order valence-corrected chi connectivity index (χ2v) is 8.46. The fraction of sp³-hybridized carbons (Fsp3) is 0.222. The van der Waals surface area contributed by atoms with Gasteiger partial charge in [0.25, 0.3) is 5.91 Å². The molecule has 1 N–H and O–H groups in total. The third-order valence-electron chi connectivity index (χ3n) is 4.32. The van der Waals surface area contributed by atoms with Gasteiger partial charge >= 0.3 is 0 Å². The average molecular weight is 383 g/mol. The van der Waals surface area contributed by atoms with E-state index in [1.807, 2.05) is 16.8 Å². The van der Waals surface area contributed by atoms with Gasteiger partial charge < -0.3 is 5.32 Å². The SMILES string of the molecule is CS(=O)(=O)c1ccccc1C(=O)Nc1ccc(-c2nnnn2C2CC2)cc1. The number of rotatable bonds is 5. The van der Waals surface area contributed by atoms with Crippen molar-refractivity contribution in [2.24, 2.45) is 0 Å². The van der Waals surface area contributed by atoms with Gasteiger partial charge in [0.15, 0.2) is 15.7 Å². The molecule has 138 valence electrons. The zero-order valence-electron chi connectivity index (χ0n) is 14.5. The van der Waals surface area contributed by atoms with Gasteiger partial charge in [-0.1, -0.05) is 12.1 Å². The van der Waals surface area contributed by atoms with Crippen LogP contribution in [0, 0.1) is 0 Å². The molecule has 0 bridgehead atoms. The van der Waals surface area contributed by atoms with Crippen molar-refractivity contribution in [3.05, 3.63) is 54.1 Å². The summed E-state index contributed by atoms with van der Waals surface area (Å²) in [6.45, 7) is 0. The predicted molar refractivity (Wildman–Crippen MR) is 99.0 cm³/mol. The molecule has 1 aliphatic rings. The van der Waals surface area contributed by atoms with Crippen LogP contribution >= 0.6 is 0 Å². The predicted octanol–water partition coefficient (Wildman–Crippen LogP) is 2.33. The van der Waals surface area contributed by atoms with E-state index in [1.165, 1.54) is 12.1 Å². The minimum atomic E-state index is -3.50. The summed E-state index contributed by atoms with van der Waals surface area (Å²) in [6.07, 6.45) is 3.23. The highest BCUT2D eigenvalue weighted by atomic mass is 32.2. The molecule has 0 unspecified atom stereocenters. The van der Waals surface area contributed by atoms with Gasteiger partial charge in [-0.25, -0.2) is 13.1 Å². The maximum absolute atomic E-state index is 12.5. The first-order valence-corrected chi connectivity index (χ1v) is 10.3. The van der Waals surface area contributed by atoms with E-state index >= 15 is 0 Å². The molecule has 3 aromatic rings. The fourth-order valence-corrected chi connectivity index (χ4v) is 3.71. The van der Waals surface area contributed by atoms with Crippen LogP contribution in [0.5, 0.6) is 0 Å². The molecule has 1 amide bonds. The molecule has 1 aromatic heterocycles. The van der Waals surface area contributed by atoms with Crippen molar-refractivity contribution in [2.75, 3.05) is 11.6 Å². The molecule has 1 heterocycles. The van der Waals surface area contributed by atoms with Crippen LogP contribution in [-0.2, 0) is 9.84 Å². The molecule has 9 heteroatoms. The zero-order valence-corrected chi connectivity index (χ0v) is 15.3. The lowest BCUT2D eigenvalue weighted by atomic mass is 10.1. The number of carbonyl (C=O) groups excluding carboxylic acids is 1. The molecular weight excluding hydrogens is 366 g/mol. The molecule has 1 fully saturated rings. The third-order valence-corrected chi connectivity index (χ3v) is 5.47. The molecule has 4 rings (SSSR count). The summed E-state index contributed by atoms with van der Waals surface area (Å²) >= 11 is 0. The molecule has 0 spiro atoms. The summed E-state index contributed by atoms with van der Waals surface area (Å²) < 4.78 is 25.6. The summed E-state index contributed by atoms with van der Waals surface area (Å²) in [5, 5.41) is 14.6. The molecule has 0 saturated heterocycles. The first-order valence-electron chi connectivity index (χ1n) is 8.42. The molecule has 1 saturated carbocycles. The van der Waals surface area contributed by atoms with Crippen molar-refractivity contribution >= 4 is 21.4 Å². The second-order valence-electron chi connectivity index (χ2n) is 6.48. The number of aromatic nitrogens is 4. The van der Waals surface area contributed by atoms with Gasteiger partial charge in [-0.15, -0.1) is 5.10 Å². The van der Waals surface area contributed by atoms with E-state index in [4.69, 9.17) is 0 Å². The monoisotopic (exact) mass is 383 g/mol. The smallest absolute Gasteiger partial charge is 0.256 e. The van der Waals surface area contributed by atoms with Crippen LogP contribution in [0.25, 0.3) is 11.4 Å². The van der Waals surface area contributed by atoms with Crippen molar-refractivity contribution in [1.82, 2.24) is 20.2 Å². The normalized spacial score (nSPS) is 14.1. The quantitative estimate of drug-likeness (QED) is 0.725.